The van der Waals surface area contributed by atoms with Crippen molar-refractivity contribution < 1.29 is 19.5 Å². The second-order valence-electron chi connectivity index (χ2n) is 11.1. The molecule has 1 aromatic heterocycles. The zero-order valence-corrected chi connectivity index (χ0v) is 26.7. The number of H-pyrrole nitrogens is 1. The molecule has 1 aliphatic heterocycles. The molecule has 0 unspecified atom stereocenters. The van der Waals surface area contributed by atoms with Crippen molar-refractivity contribution in [3.05, 3.63) is 133 Å². The highest BCUT2D eigenvalue weighted by atomic mass is 35.5. The van der Waals surface area contributed by atoms with E-state index in [0.29, 0.717) is 56.9 Å². The third-order valence-electron chi connectivity index (χ3n) is 8.52. The number of oxime groups is 1. The lowest BCUT2D eigenvalue weighted by Gasteiger charge is -2.06. The van der Waals surface area contributed by atoms with E-state index in [0.717, 1.165) is 49.9 Å². The highest BCUT2D eigenvalue weighted by Crippen LogP contribution is 2.45. The van der Waals surface area contributed by atoms with Crippen molar-refractivity contribution in [3.63, 3.8) is 0 Å². The van der Waals surface area contributed by atoms with Crippen molar-refractivity contribution in [1.29, 1.82) is 0 Å². The van der Waals surface area contributed by atoms with Gasteiger partial charge in [0.05, 0.1) is 28.4 Å². The molecule has 0 spiro atoms. The Hall–Kier alpha value is -5.38. The summed E-state index contributed by atoms with van der Waals surface area (Å²) in [6, 6.07) is 24.5. The van der Waals surface area contributed by atoms with Crippen molar-refractivity contribution in [3.8, 4) is 11.6 Å². The Morgan fingerprint density at radius 3 is 2.21 bits per heavy atom. The molecule has 0 atom stereocenters. The smallest absolute Gasteiger partial charge is 0.256 e. The molecule has 3 N–H and O–H groups in total. The lowest BCUT2D eigenvalue weighted by atomic mass is 9.98. The summed E-state index contributed by atoms with van der Waals surface area (Å²) in [7, 11) is 3.09. The summed E-state index contributed by atoms with van der Waals surface area (Å²) in [5.41, 5.74) is 9.93. The molecule has 3 aliphatic rings. The molecule has 11 heteroatoms. The Balaban J connectivity index is 0.000000164. The molecular formula is C37H30Cl2N4O5. The summed E-state index contributed by atoms with van der Waals surface area (Å²) in [5.74, 6) is 0.543. The van der Waals surface area contributed by atoms with Gasteiger partial charge in [0.25, 0.3) is 5.91 Å². The van der Waals surface area contributed by atoms with Gasteiger partial charge in [-0.05, 0) is 57.8 Å². The van der Waals surface area contributed by atoms with Crippen LogP contribution in [0.15, 0.2) is 94.8 Å². The Bertz CT molecular complexity index is 2230. The van der Waals surface area contributed by atoms with Gasteiger partial charge in [-0.3, -0.25) is 4.79 Å². The van der Waals surface area contributed by atoms with Gasteiger partial charge in [0.2, 0.25) is 0 Å². The van der Waals surface area contributed by atoms with Gasteiger partial charge in [0.15, 0.2) is 5.88 Å². The summed E-state index contributed by atoms with van der Waals surface area (Å²) in [6.07, 6.45) is 1.18. The van der Waals surface area contributed by atoms with Crippen LogP contribution in [0.4, 0.5) is 5.69 Å². The van der Waals surface area contributed by atoms with Crippen LogP contribution in [0.5, 0.6) is 11.6 Å². The van der Waals surface area contributed by atoms with Gasteiger partial charge in [-0.1, -0.05) is 84.3 Å². The minimum absolute atomic E-state index is 0. The third kappa shape index (κ3) is 5.40. The minimum atomic E-state index is -0.185. The molecule has 0 radical (unpaired) electrons. The van der Waals surface area contributed by atoms with Crippen molar-refractivity contribution in [2.75, 3.05) is 19.5 Å². The van der Waals surface area contributed by atoms with Crippen molar-refractivity contribution in [1.82, 2.24) is 4.98 Å². The lowest BCUT2D eigenvalue weighted by molar-refractivity contribution is -0.110. The van der Waals surface area contributed by atoms with Crippen molar-refractivity contribution in [2.24, 2.45) is 10.3 Å². The van der Waals surface area contributed by atoms with Crippen LogP contribution in [0, 0.1) is 4.91 Å². The zero-order chi connectivity index (χ0) is 32.8. The zero-order valence-electron chi connectivity index (χ0n) is 25.2. The SMILES string of the molecule is C.CO/N=C1/C(=C2/C(=O)Nc3cc(Cl)c(Cl)cc32)Cc2ccccc21.COc1ccc2[nH]c(O)c(C3=C(N=O)c4ccccc4C3)c2c1. The standard InChI is InChI=1S/C18H12Cl2N2O2.C18H14N2O3.CH4/c1-24-22-17-10-5-3-2-4-9(10)6-12(17)16-11-7-13(19)14(20)8-15(11)21-18(16)23;1-23-11-6-7-15-13(9-11)16(18(21)19-15)14-8-10-4-2-3-5-12(10)17(14)20-22;/h2-5,7-8H,6H2,1H3,(H,21,23);2-7,9,19,21H,8H2,1H3;1H4/b16-12+,22-17+;;. The average Bonchev–Trinajstić information content (AvgIpc) is 3.80. The van der Waals surface area contributed by atoms with Crippen LogP contribution in [0.25, 0.3) is 27.7 Å². The number of nitrogens with zero attached hydrogens (tertiary/aromatic N) is 2. The number of nitrogens with one attached hydrogen (secondary N) is 2. The van der Waals surface area contributed by atoms with Crippen LogP contribution < -0.4 is 10.1 Å². The number of amides is 1. The molecule has 48 heavy (non-hydrogen) atoms. The van der Waals surface area contributed by atoms with Gasteiger partial charge in [-0.2, -0.15) is 0 Å². The van der Waals surface area contributed by atoms with Gasteiger partial charge in [0.1, 0.15) is 24.3 Å². The van der Waals surface area contributed by atoms with Crippen LogP contribution in [-0.4, -0.2) is 35.9 Å². The highest BCUT2D eigenvalue weighted by Gasteiger charge is 2.34. The molecule has 2 aliphatic carbocycles. The molecule has 0 saturated carbocycles. The molecule has 1 amide bonds. The van der Waals surface area contributed by atoms with Crippen LogP contribution in [0.2, 0.25) is 10.0 Å². The number of hydrogen-bond donors (Lipinski definition) is 3. The van der Waals surface area contributed by atoms with Gasteiger partial charge in [-0.25, -0.2) is 0 Å². The maximum absolute atomic E-state index is 12.6. The number of benzene rings is 4. The predicted octanol–water partition coefficient (Wildman–Crippen LogP) is 9.01. The maximum Gasteiger partial charge on any atom is 0.256 e. The monoisotopic (exact) mass is 680 g/mol. The highest BCUT2D eigenvalue weighted by molar-refractivity contribution is 6.44. The second kappa shape index (κ2) is 13.0. The fourth-order valence-electron chi connectivity index (χ4n) is 6.45. The van der Waals surface area contributed by atoms with Crippen LogP contribution >= 0.6 is 23.2 Å². The third-order valence-corrected chi connectivity index (χ3v) is 9.24. The summed E-state index contributed by atoms with van der Waals surface area (Å²) < 4.78 is 5.27. The number of hydrogen-bond acceptors (Lipinski definition) is 7. The summed E-state index contributed by atoms with van der Waals surface area (Å²) in [4.78, 5) is 32.0. The number of aromatic hydroxyl groups is 1. The average molecular weight is 682 g/mol. The largest absolute Gasteiger partial charge is 0.497 e. The van der Waals surface area contributed by atoms with Crippen LogP contribution in [-0.2, 0) is 22.5 Å². The Morgan fingerprint density at radius 1 is 0.833 bits per heavy atom. The van der Waals surface area contributed by atoms with E-state index in [9.17, 15) is 14.8 Å². The van der Waals surface area contributed by atoms with Crippen molar-refractivity contribution >= 4 is 68.3 Å². The number of nitroso groups, excluding NO2 is 1. The fourth-order valence-corrected chi connectivity index (χ4v) is 6.78. The number of rotatable bonds is 4. The van der Waals surface area contributed by atoms with Crippen LogP contribution in [0.1, 0.15) is 40.8 Å². The van der Waals surface area contributed by atoms with E-state index in [1.807, 2.05) is 66.7 Å². The van der Waals surface area contributed by atoms with E-state index in [-0.39, 0.29) is 19.2 Å². The van der Waals surface area contributed by atoms with E-state index >= 15 is 0 Å². The number of aromatic nitrogens is 1. The maximum atomic E-state index is 12.6. The minimum Gasteiger partial charge on any atom is -0.497 e. The molecule has 9 nitrogen and oxygen atoms in total. The number of anilines is 1. The second-order valence-corrected chi connectivity index (χ2v) is 11.9. The van der Waals surface area contributed by atoms with Gasteiger partial charge < -0.3 is 25.0 Å². The Morgan fingerprint density at radius 2 is 1.50 bits per heavy atom. The van der Waals surface area contributed by atoms with E-state index in [1.54, 1.807) is 19.2 Å². The fraction of sp³-hybridized carbons (Fsp3) is 0.135. The van der Waals surface area contributed by atoms with E-state index in [2.05, 4.69) is 20.6 Å². The molecule has 4 aromatic carbocycles. The van der Waals surface area contributed by atoms with E-state index < -0.39 is 0 Å². The summed E-state index contributed by atoms with van der Waals surface area (Å²) >= 11 is 12.2. The number of aromatic amines is 1. The van der Waals surface area contributed by atoms with E-state index in [4.69, 9.17) is 32.8 Å². The Kier molecular flexibility index (Phi) is 8.83. The Labute approximate surface area is 286 Å². The molecule has 2 heterocycles. The van der Waals surface area contributed by atoms with Crippen molar-refractivity contribution in [2.45, 2.75) is 20.3 Å². The van der Waals surface area contributed by atoms with Gasteiger partial charge >= 0.3 is 0 Å². The van der Waals surface area contributed by atoms with E-state index in [1.165, 1.54) is 7.11 Å². The molecule has 8 rings (SSSR count). The first-order valence-electron chi connectivity index (χ1n) is 14.6. The number of methoxy groups -OCH3 is 1. The molecule has 0 bridgehead atoms. The number of halogens is 2. The number of allylic oxidation sites excluding steroid dienone is 2. The molecule has 242 valence electrons. The lowest BCUT2D eigenvalue weighted by Crippen LogP contribution is -2.10. The number of fused-ring (bicyclic) bond motifs is 4. The van der Waals surface area contributed by atoms with Gasteiger partial charge in [0, 0.05) is 46.0 Å². The molecule has 5 aromatic rings. The summed E-state index contributed by atoms with van der Waals surface area (Å²) in [5, 5.41) is 22.2. The number of ether oxygens (including phenoxy) is 1. The number of carbonyl (C=O) groups excluding carboxylic acids is 1. The first-order valence-corrected chi connectivity index (χ1v) is 15.4. The van der Waals surface area contributed by atoms with Crippen LogP contribution in [0.3, 0.4) is 0 Å². The first kappa shape index (κ1) is 32.6. The number of carbonyl (C=O) groups is 1. The summed E-state index contributed by atoms with van der Waals surface area (Å²) in [6.45, 7) is 0. The molecule has 0 fully saturated rings. The predicted molar refractivity (Wildman–Crippen MR) is 192 cm³/mol. The quantitative estimate of drug-likeness (QED) is 0.0992. The molecule has 0 saturated heterocycles. The normalized spacial score (nSPS) is 16.5. The topological polar surface area (TPSA) is 125 Å². The molecular weight excluding hydrogens is 651 g/mol. The van der Waals surface area contributed by atoms with Gasteiger partial charge in [-0.15, -0.1) is 4.91 Å². The first-order chi connectivity index (χ1) is 22.8.